The van der Waals surface area contributed by atoms with Crippen LogP contribution in [0.4, 0.5) is 4.39 Å². The van der Waals surface area contributed by atoms with Gasteiger partial charge in [-0.1, -0.05) is 29.8 Å². The number of carboxylic acid groups (broad SMARTS) is 1. The predicted molar refractivity (Wildman–Crippen MR) is 101 cm³/mol. The van der Waals surface area contributed by atoms with E-state index < -0.39 is 36.3 Å². The Labute approximate surface area is 174 Å². The maximum atomic E-state index is 13.7. The molecule has 0 amide bonds. The normalized spacial score (nSPS) is 21.1. The van der Waals surface area contributed by atoms with Crippen LogP contribution in [0, 0.1) is 12.0 Å². The van der Waals surface area contributed by atoms with Crippen LogP contribution in [0.1, 0.15) is 29.4 Å². The molecule has 156 valence electrons. The first-order valence-corrected chi connectivity index (χ1v) is 9.45. The van der Waals surface area contributed by atoms with Gasteiger partial charge >= 0.3 is 18.0 Å². The molecule has 3 aromatic rings. The number of carbonyl (C=O) groups excluding carboxylic acids is 1. The number of carbonyl (C=O) groups is 2. The number of ether oxygens (including phenoxy) is 2. The highest BCUT2D eigenvalue weighted by atomic mass is 35.5. The van der Waals surface area contributed by atoms with Crippen molar-refractivity contribution < 1.29 is 28.6 Å². The van der Waals surface area contributed by atoms with Gasteiger partial charge < -0.3 is 14.6 Å². The van der Waals surface area contributed by atoms with Gasteiger partial charge in [-0.25, -0.2) is 9.78 Å². The van der Waals surface area contributed by atoms with Gasteiger partial charge in [0.05, 0.1) is 24.4 Å². The standard InChI is InChI=1S/C19H16ClFN4O5/c20-15-14-16(24-19(21)23-15)25(9-22-14)17-11(7-13(26)27)6-12(30-17)8-29-18(28)10-4-2-1-3-5-10/h1-5,9,11-12,17H,6-8H2,(H,26,27)/t11-,12+,17-/m1/s1. The van der Waals surface area contributed by atoms with Gasteiger partial charge in [-0.05, 0) is 18.6 Å². The topological polar surface area (TPSA) is 116 Å². The van der Waals surface area contributed by atoms with Crippen molar-refractivity contribution in [3.63, 3.8) is 0 Å². The van der Waals surface area contributed by atoms with Crippen molar-refractivity contribution in [1.29, 1.82) is 0 Å². The minimum Gasteiger partial charge on any atom is -0.481 e. The van der Waals surface area contributed by atoms with Gasteiger partial charge in [-0.3, -0.25) is 9.36 Å². The molecule has 1 N–H and O–H groups in total. The summed E-state index contributed by atoms with van der Waals surface area (Å²) in [6, 6.07) is 8.48. The molecule has 4 rings (SSSR count). The van der Waals surface area contributed by atoms with Crippen molar-refractivity contribution in [2.45, 2.75) is 25.2 Å². The van der Waals surface area contributed by atoms with Crippen molar-refractivity contribution in [2.75, 3.05) is 6.61 Å². The third kappa shape index (κ3) is 4.10. The average molecular weight is 435 g/mol. The van der Waals surface area contributed by atoms with E-state index in [9.17, 15) is 19.1 Å². The summed E-state index contributed by atoms with van der Waals surface area (Å²) in [4.78, 5) is 34.7. The number of nitrogens with zero attached hydrogens (tertiary/aromatic N) is 4. The van der Waals surface area contributed by atoms with E-state index in [0.29, 0.717) is 12.0 Å². The molecule has 3 heterocycles. The highest BCUT2D eigenvalue weighted by Crippen LogP contribution is 2.38. The van der Waals surface area contributed by atoms with E-state index in [4.69, 9.17) is 21.1 Å². The van der Waals surface area contributed by atoms with E-state index in [0.717, 1.165) is 0 Å². The summed E-state index contributed by atoms with van der Waals surface area (Å²) < 4.78 is 26.3. The summed E-state index contributed by atoms with van der Waals surface area (Å²) in [5.41, 5.74) is 0.668. The highest BCUT2D eigenvalue weighted by Gasteiger charge is 2.39. The Morgan fingerprint density at radius 3 is 2.80 bits per heavy atom. The second kappa shape index (κ2) is 8.33. The van der Waals surface area contributed by atoms with Crippen LogP contribution < -0.4 is 0 Å². The van der Waals surface area contributed by atoms with Crippen LogP contribution >= 0.6 is 11.6 Å². The molecule has 2 aromatic heterocycles. The Morgan fingerprint density at radius 1 is 1.30 bits per heavy atom. The number of esters is 1. The molecule has 0 spiro atoms. The van der Waals surface area contributed by atoms with Gasteiger partial charge in [0.25, 0.3) is 0 Å². The minimum absolute atomic E-state index is 0.0585. The number of carboxylic acids is 1. The van der Waals surface area contributed by atoms with Crippen LogP contribution in [0.25, 0.3) is 11.2 Å². The molecule has 1 saturated heterocycles. The lowest BCUT2D eigenvalue weighted by molar-refractivity contribution is -0.139. The first-order valence-electron chi connectivity index (χ1n) is 9.07. The highest BCUT2D eigenvalue weighted by molar-refractivity contribution is 6.33. The van der Waals surface area contributed by atoms with Crippen molar-refractivity contribution in [1.82, 2.24) is 19.5 Å². The van der Waals surface area contributed by atoms with Crippen molar-refractivity contribution in [2.24, 2.45) is 5.92 Å². The van der Waals surface area contributed by atoms with Crippen LogP contribution in [0.15, 0.2) is 36.7 Å². The Balaban J connectivity index is 1.54. The molecule has 30 heavy (non-hydrogen) atoms. The molecule has 1 aromatic carbocycles. The number of aromatic nitrogens is 4. The zero-order chi connectivity index (χ0) is 21.3. The van der Waals surface area contributed by atoms with Gasteiger partial charge in [0.15, 0.2) is 10.8 Å². The molecule has 3 atom stereocenters. The molecule has 1 aliphatic heterocycles. The molecule has 0 radical (unpaired) electrons. The molecule has 1 fully saturated rings. The van der Waals surface area contributed by atoms with Crippen LogP contribution in [0.5, 0.6) is 0 Å². The summed E-state index contributed by atoms with van der Waals surface area (Å²) >= 11 is 5.92. The van der Waals surface area contributed by atoms with E-state index in [1.807, 2.05) is 0 Å². The van der Waals surface area contributed by atoms with Gasteiger partial charge in [-0.2, -0.15) is 14.4 Å². The third-order valence-corrected chi connectivity index (χ3v) is 5.04. The fourth-order valence-electron chi connectivity index (χ4n) is 3.50. The van der Waals surface area contributed by atoms with E-state index in [-0.39, 0.29) is 29.3 Å². The maximum absolute atomic E-state index is 13.7. The summed E-state index contributed by atoms with van der Waals surface area (Å²) in [5.74, 6) is -2.00. The number of aliphatic carboxylic acids is 1. The van der Waals surface area contributed by atoms with E-state index in [1.54, 1.807) is 30.3 Å². The zero-order valence-electron chi connectivity index (χ0n) is 15.4. The smallest absolute Gasteiger partial charge is 0.338 e. The second-order valence-corrected chi connectivity index (χ2v) is 7.17. The maximum Gasteiger partial charge on any atom is 0.338 e. The lowest BCUT2D eigenvalue weighted by Gasteiger charge is -2.19. The van der Waals surface area contributed by atoms with Crippen LogP contribution in [0.3, 0.4) is 0 Å². The first-order chi connectivity index (χ1) is 14.4. The van der Waals surface area contributed by atoms with Gasteiger partial charge in [0, 0.05) is 5.92 Å². The first kappa shape index (κ1) is 20.2. The van der Waals surface area contributed by atoms with Crippen LogP contribution in [-0.2, 0) is 14.3 Å². The monoisotopic (exact) mass is 434 g/mol. The number of benzene rings is 1. The number of halogens is 2. The van der Waals surface area contributed by atoms with Crippen LogP contribution in [0.2, 0.25) is 5.15 Å². The van der Waals surface area contributed by atoms with Crippen molar-refractivity contribution >= 4 is 34.7 Å². The summed E-state index contributed by atoms with van der Waals surface area (Å²) in [7, 11) is 0. The number of hydrogen-bond donors (Lipinski definition) is 1. The Kier molecular flexibility index (Phi) is 5.60. The number of fused-ring (bicyclic) bond motifs is 1. The van der Waals surface area contributed by atoms with Crippen molar-refractivity contribution in [3.8, 4) is 0 Å². The Bertz CT molecular complexity index is 1090. The molecular weight excluding hydrogens is 419 g/mol. The molecule has 0 unspecified atom stereocenters. The van der Waals surface area contributed by atoms with E-state index in [1.165, 1.54) is 10.9 Å². The lowest BCUT2D eigenvalue weighted by Crippen LogP contribution is -2.20. The fraction of sp³-hybridized carbons (Fsp3) is 0.316. The molecule has 1 aliphatic rings. The second-order valence-electron chi connectivity index (χ2n) is 6.81. The Hall–Kier alpha value is -3.11. The number of rotatable bonds is 6. The fourth-order valence-corrected chi connectivity index (χ4v) is 3.70. The summed E-state index contributed by atoms with van der Waals surface area (Å²) in [6.07, 6.45) is -0.906. The average Bonchev–Trinajstić information content (AvgIpc) is 3.30. The number of imidazole rings is 1. The zero-order valence-corrected chi connectivity index (χ0v) is 16.2. The van der Waals surface area contributed by atoms with Crippen LogP contribution in [-0.4, -0.2) is 49.3 Å². The lowest BCUT2D eigenvalue weighted by atomic mass is 9.99. The third-order valence-electron chi connectivity index (χ3n) is 4.77. The molecule has 9 nitrogen and oxygen atoms in total. The molecule has 0 bridgehead atoms. The molecule has 0 saturated carbocycles. The quantitative estimate of drug-likeness (QED) is 0.357. The largest absolute Gasteiger partial charge is 0.481 e. The van der Waals surface area contributed by atoms with Gasteiger partial charge in [-0.15, -0.1) is 0 Å². The van der Waals surface area contributed by atoms with Gasteiger partial charge in [0.1, 0.15) is 18.4 Å². The van der Waals surface area contributed by atoms with E-state index in [2.05, 4.69) is 15.0 Å². The van der Waals surface area contributed by atoms with Gasteiger partial charge in [0.2, 0.25) is 0 Å². The molecular formula is C19H16ClFN4O5. The molecule has 0 aliphatic carbocycles. The number of hydrogen-bond acceptors (Lipinski definition) is 7. The van der Waals surface area contributed by atoms with E-state index >= 15 is 0 Å². The summed E-state index contributed by atoms with van der Waals surface area (Å²) in [6.45, 7) is -0.0585. The SMILES string of the molecule is O=C(O)C[C@H]1C[C@@H](COC(=O)c2ccccc2)O[C@H]1n1cnc2c(Cl)nc(F)nc21. The summed E-state index contributed by atoms with van der Waals surface area (Å²) in [5, 5.41) is 9.12. The Morgan fingerprint density at radius 2 is 2.07 bits per heavy atom. The molecule has 11 heteroatoms. The minimum atomic E-state index is -1.03. The predicted octanol–water partition coefficient (Wildman–Crippen LogP) is 2.85. The van der Waals surface area contributed by atoms with Crippen molar-refractivity contribution in [3.05, 3.63) is 53.5 Å².